The van der Waals surface area contributed by atoms with E-state index in [1.807, 2.05) is 6.92 Å². The lowest BCUT2D eigenvalue weighted by Crippen LogP contribution is -2.57. The summed E-state index contributed by atoms with van der Waals surface area (Å²) in [6.07, 6.45) is 3.27. The van der Waals surface area contributed by atoms with E-state index in [9.17, 15) is 4.79 Å². The first-order chi connectivity index (χ1) is 10.3. The summed E-state index contributed by atoms with van der Waals surface area (Å²) in [6, 6.07) is 0.486. The number of nitrogens with one attached hydrogen (secondary N) is 1. The van der Waals surface area contributed by atoms with Crippen molar-refractivity contribution in [3.05, 3.63) is 0 Å². The lowest BCUT2D eigenvalue weighted by Gasteiger charge is -2.42. The van der Waals surface area contributed by atoms with Crippen molar-refractivity contribution in [1.29, 1.82) is 0 Å². The van der Waals surface area contributed by atoms with E-state index < -0.39 is 0 Å². The first-order valence-corrected chi connectivity index (χ1v) is 8.57. The van der Waals surface area contributed by atoms with E-state index in [4.69, 9.17) is 4.74 Å². The van der Waals surface area contributed by atoms with Crippen molar-refractivity contribution in [2.75, 3.05) is 52.5 Å². The van der Waals surface area contributed by atoms with E-state index in [0.717, 1.165) is 71.7 Å². The molecule has 2 aliphatic heterocycles. The Hall–Kier alpha value is -0.650. The van der Waals surface area contributed by atoms with Gasteiger partial charge in [-0.2, -0.15) is 0 Å². The van der Waals surface area contributed by atoms with Crippen molar-refractivity contribution in [2.45, 2.75) is 39.2 Å². The van der Waals surface area contributed by atoms with Gasteiger partial charge in [0, 0.05) is 45.4 Å². The van der Waals surface area contributed by atoms with Gasteiger partial charge in [-0.25, -0.2) is 0 Å². The van der Waals surface area contributed by atoms with Crippen LogP contribution in [0.3, 0.4) is 0 Å². The fraction of sp³-hybridized carbons (Fsp3) is 0.938. The summed E-state index contributed by atoms with van der Waals surface area (Å²) in [4.78, 5) is 17.2. The summed E-state index contributed by atoms with van der Waals surface area (Å²) >= 11 is 0. The number of ether oxygens (including phenoxy) is 1. The molecule has 2 fully saturated rings. The van der Waals surface area contributed by atoms with Crippen LogP contribution in [-0.4, -0.2) is 74.2 Å². The van der Waals surface area contributed by atoms with Crippen LogP contribution >= 0.6 is 0 Å². The average molecular weight is 297 g/mol. The van der Waals surface area contributed by atoms with E-state index in [1.54, 1.807) is 0 Å². The number of hydrogen-bond acceptors (Lipinski definition) is 4. The average Bonchev–Trinajstić information content (AvgIpc) is 2.55. The molecule has 0 bridgehead atoms. The summed E-state index contributed by atoms with van der Waals surface area (Å²) in [6.45, 7) is 11.5. The Kier molecular flexibility index (Phi) is 6.93. The molecule has 21 heavy (non-hydrogen) atoms. The van der Waals surface area contributed by atoms with Crippen molar-refractivity contribution in [1.82, 2.24) is 15.1 Å². The van der Waals surface area contributed by atoms with Crippen molar-refractivity contribution in [2.24, 2.45) is 5.92 Å². The number of nitrogens with zero attached hydrogens (tertiary/aromatic N) is 2. The summed E-state index contributed by atoms with van der Waals surface area (Å²) < 4.78 is 5.47. The van der Waals surface area contributed by atoms with Gasteiger partial charge in [-0.3, -0.25) is 9.69 Å². The zero-order valence-corrected chi connectivity index (χ0v) is 13.6. The third-order valence-corrected chi connectivity index (χ3v) is 4.76. The zero-order chi connectivity index (χ0) is 15.1. The number of rotatable bonds is 6. The second-order valence-electron chi connectivity index (χ2n) is 6.12. The highest BCUT2D eigenvalue weighted by Gasteiger charge is 2.32. The number of carbonyl (C=O) groups is 1. The van der Waals surface area contributed by atoms with Gasteiger partial charge >= 0.3 is 0 Å². The maximum absolute atomic E-state index is 12.6. The molecule has 2 heterocycles. The quantitative estimate of drug-likeness (QED) is 0.741. The minimum absolute atomic E-state index is 0.200. The summed E-state index contributed by atoms with van der Waals surface area (Å²) in [5, 5.41) is 3.35. The van der Waals surface area contributed by atoms with Crippen LogP contribution < -0.4 is 5.32 Å². The van der Waals surface area contributed by atoms with Gasteiger partial charge in [0.25, 0.3) is 0 Å². The minimum Gasteiger partial charge on any atom is -0.380 e. The van der Waals surface area contributed by atoms with E-state index in [1.165, 1.54) is 0 Å². The molecule has 0 aliphatic carbocycles. The van der Waals surface area contributed by atoms with Crippen LogP contribution in [0.2, 0.25) is 0 Å². The van der Waals surface area contributed by atoms with Crippen molar-refractivity contribution < 1.29 is 9.53 Å². The zero-order valence-electron chi connectivity index (χ0n) is 13.6. The van der Waals surface area contributed by atoms with Crippen LogP contribution in [0.1, 0.15) is 33.1 Å². The molecule has 2 saturated heterocycles. The molecule has 122 valence electrons. The molecular formula is C16H31N3O2. The molecule has 2 aliphatic rings. The van der Waals surface area contributed by atoms with E-state index in [-0.39, 0.29) is 5.92 Å². The van der Waals surface area contributed by atoms with E-state index >= 15 is 0 Å². The van der Waals surface area contributed by atoms with Gasteiger partial charge in [-0.1, -0.05) is 6.92 Å². The molecule has 1 amide bonds. The Morgan fingerprint density at radius 3 is 2.86 bits per heavy atom. The van der Waals surface area contributed by atoms with Crippen LogP contribution in [0, 0.1) is 5.92 Å². The SMILES string of the molecule is CCOCCN1CCN(C(=O)C2CCCNC2)CC1CC. The molecule has 0 saturated carbocycles. The van der Waals surface area contributed by atoms with Gasteiger partial charge in [0.05, 0.1) is 12.5 Å². The Morgan fingerprint density at radius 2 is 2.19 bits per heavy atom. The largest absolute Gasteiger partial charge is 0.380 e. The lowest BCUT2D eigenvalue weighted by molar-refractivity contribution is -0.139. The molecule has 0 radical (unpaired) electrons. The molecule has 2 rings (SSSR count). The van der Waals surface area contributed by atoms with E-state index in [0.29, 0.717) is 11.9 Å². The van der Waals surface area contributed by atoms with E-state index in [2.05, 4.69) is 22.0 Å². The minimum atomic E-state index is 0.200. The van der Waals surface area contributed by atoms with Crippen LogP contribution in [0.4, 0.5) is 0 Å². The molecule has 2 atom stereocenters. The number of piperazine rings is 1. The molecule has 5 heteroatoms. The predicted molar refractivity (Wildman–Crippen MR) is 84.3 cm³/mol. The molecule has 1 N–H and O–H groups in total. The first kappa shape index (κ1) is 16.7. The van der Waals surface area contributed by atoms with Crippen molar-refractivity contribution in [3.63, 3.8) is 0 Å². The monoisotopic (exact) mass is 297 g/mol. The Morgan fingerprint density at radius 1 is 1.33 bits per heavy atom. The second kappa shape index (κ2) is 8.71. The fourth-order valence-corrected chi connectivity index (χ4v) is 3.42. The standard InChI is InChI=1S/C16H31N3O2/c1-3-15-13-19(9-8-18(15)10-11-21-4-2)16(20)14-6-5-7-17-12-14/h14-15,17H,3-13H2,1-2H3. The van der Waals surface area contributed by atoms with Crippen LogP contribution in [-0.2, 0) is 9.53 Å². The molecule has 0 aromatic heterocycles. The second-order valence-corrected chi connectivity index (χ2v) is 6.12. The Balaban J connectivity index is 1.83. The molecule has 5 nitrogen and oxygen atoms in total. The third-order valence-electron chi connectivity index (χ3n) is 4.76. The smallest absolute Gasteiger partial charge is 0.227 e. The predicted octanol–water partition coefficient (Wildman–Crippen LogP) is 0.945. The molecule has 2 unspecified atom stereocenters. The van der Waals surface area contributed by atoms with Gasteiger partial charge in [-0.05, 0) is 32.7 Å². The van der Waals surface area contributed by atoms with Gasteiger partial charge < -0.3 is 15.0 Å². The van der Waals surface area contributed by atoms with Gasteiger partial charge in [0.2, 0.25) is 5.91 Å². The molecule has 0 aromatic carbocycles. The lowest BCUT2D eigenvalue weighted by atomic mass is 9.97. The highest BCUT2D eigenvalue weighted by atomic mass is 16.5. The molecular weight excluding hydrogens is 266 g/mol. The number of amides is 1. The van der Waals surface area contributed by atoms with Gasteiger partial charge in [0.1, 0.15) is 0 Å². The maximum Gasteiger partial charge on any atom is 0.227 e. The summed E-state index contributed by atoms with van der Waals surface area (Å²) in [5.74, 6) is 0.566. The fourth-order valence-electron chi connectivity index (χ4n) is 3.42. The molecule has 0 aromatic rings. The Bertz CT molecular complexity index is 319. The number of piperidine rings is 1. The summed E-state index contributed by atoms with van der Waals surface area (Å²) in [5.41, 5.74) is 0. The highest BCUT2D eigenvalue weighted by Crippen LogP contribution is 2.18. The number of hydrogen-bond donors (Lipinski definition) is 1. The van der Waals surface area contributed by atoms with Crippen molar-refractivity contribution >= 4 is 5.91 Å². The van der Waals surface area contributed by atoms with Crippen LogP contribution in [0.5, 0.6) is 0 Å². The third kappa shape index (κ3) is 4.66. The summed E-state index contributed by atoms with van der Waals surface area (Å²) in [7, 11) is 0. The van der Waals surface area contributed by atoms with Crippen LogP contribution in [0.15, 0.2) is 0 Å². The first-order valence-electron chi connectivity index (χ1n) is 8.57. The van der Waals surface area contributed by atoms with Crippen LogP contribution in [0.25, 0.3) is 0 Å². The van der Waals surface area contributed by atoms with Gasteiger partial charge in [-0.15, -0.1) is 0 Å². The number of carbonyl (C=O) groups excluding carboxylic acids is 1. The Labute approximate surface area is 129 Å². The van der Waals surface area contributed by atoms with Gasteiger partial charge in [0.15, 0.2) is 0 Å². The highest BCUT2D eigenvalue weighted by molar-refractivity contribution is 5.79. The normalized spacial score (nSPS) is 27.8. The van der Waals surface area contributed by atoms with Crippen molar-refractivity contribution in [3.8, 4) is 0 Å². The maximum atomic E-state index is 12.6. The molecule has 0 spiro atoms. The topological polar surface area (TPSA) is 44.8 Å².